The van der Waals surface area contributed by atoms with Gasteiger partial charge in [-0.3, -0.25) is 4.98 Å². The quantitative estimate of drug-likeness (QED) is 0.900. The van der Waals surface area contributed by atoms with Crippen LogP contribution in [0.3, 0.4) is 0 Å². The first-order valence-electron chi connectivity index (χ1n) is 7.19. The zero-order chi connectivity index (χ0) is 14.7. The summed E-state index contributed by atoms with van der Waals surface area (Å²) in [7, 11) is 0. The summed E-state index contributed by atoms with van der Waals surface area (Å²) in [6.45, 7) is -0.156. The van der Waals surface area contributed by atoms with Crippen molar-refractivity contribution in [3.8, 4) is 0 Å². The van der Waals surface area contributed by atoms with Crippen molar-refractivity contribution < 1.29 is 14.9 Å². The first-order chi connectivity index (χ1) is 10.3. The molecule has 0 saturated carbocycles. The van der Waals surface area contributed by atoms with Crippen molar-refractivity contribution in [3.05, 3.63) is 65.5 Å². The van der Waals surface area contributed by atoms with E-state index >= 15 is 0 Å². The summed E-state index contributed by atoms with van der Waals surface area (Å²) in [6, 6.07) is 14.2. The number of hydrogen-bond acceptors (Lipinski definition) is 4. The molecule has 2 N–H and O–H groups in total. The van der Waals surface area contributed by atoms with Crippen LogP contribution < -0.4 is 0 Å². The average molecular weight is 285 g/mol. The molecule has 0 radical (unpaired) electrons. The molecule has 0 amide bonds. The van der Waals surface area contributed by atoms with Crippen molar-refractivity contribution in [2.75, 3.05) is 6.61 Å². The predicted octanol–water partition coefficient (Wildman–Crippen LogP) is 1.86. The van der Waals surface area contributed by atoms with Gasteiger partial charge in [-0.2, -0.15) is 0 Å². The van der Waals surface area contributed by atoms with Crippen molar-refractivity contribution in [1.29, 1.82) is 0 Å². The Kier molecular flexibility index (Phi) is 4.29. The molecule has 1 aliphatic heterocycles. The number of pyridine rings is 1. The number of rotatable bonds is 4. The smallest absolute Gasteiger partial charge is 0.107 e. The molecular weight excluding hydrogens is 266 g/mol. The summed E-state index contributed by atoms with van der Waals surface area (Å²) < 4.78 is 5.63. The van der Waals surface area contributed by atoms with Crippen molar-refractivity contribution >= 4 is 0 Å². The molecule has 1 aromatic heterocycles. The maximum atomic E-state index is 9.76. The number of aromatic nitrogens is 1. The van der Waals surface area contributed by atoms with Crippen LogP contribution in [-0.4, -0.2) is 34.0 Å². The summed E-state index contributed by atoms with van der Waals surface area (Å²) in [5, 5.41) is 18.9. The Morgan fingerprint density at radius 2 is 1.95 bits per heavy atom. The molecule has 1 fully saturated rings. The molecule has 1 aromatic carbocycles. The van der Waals surface area contributed by atoms with E-state index in [0.717, 1.165) is 17.7 Å². The van der Waals surface area contributed by atoms with Crippen LogP contribution in [0.15, 0.2) is 48.7 Å². The molecule has 2 heterocycles. The minimum atomic E-state index is -0.607. The lowest BCUT2D eigenvalue weighted by atomic mass is 10.0. The van der Waals surface area contributed by atoms with Gasteiger partial charge in [0.25, 0.3) is 0 Å². The van der Waals surface area contributed by atoms with E-state index in [2.05, 4.69) is 17.1 Å². The van der Waals surface area contributed by atoms with Crippen LogP contribution in [0, 0.1) is 0 Å². The highest BCUT2D eigenvalue weighted by Crippen LogP contribution is 2.32. The van der Waals surface area contributed by atoms with Crippen molar-refractivity contribution in [3.63, 3.8) is 0 Å². The number of nitrogens with zero attached hydrogens (tertiary/aromatic N) is 1. The van der Waals surface area contributed by atoms with Gasteiger partial charge in [0.1, 0.15) is 6.10 Å². The minimum absolute atomic E-state index is 0.156. The van der Waals surface area contributed by atoms with E-state index < -0.39 is 12.2 Å². The molecule has 4 heteroatoms. The molecule has 0 unspecified atom stereocenters. The largest absolute Gasteiger partial charge is 0.394 e. The lowest BCUT2D eigenvalue weighted by Crippen LogP contribution is -2.24. The van der Waals surface area contributed by atoms with Gasteiger partial charge in [0.05, 0.1) is 18.8 Å². The molecule has 0 spiro atoms. The first-order valence-corrected chi connectivity index (χ1v) is 7.19. The Labute approximate surface area is 124 Å². The van der Waals surface area contributed by atoms with Gasteiger partial charge in [-0.25, -0.2) is 0 Å². The number of hydrogen-bond donors (Lipinski definition) is 2. The molecule has 1 aliphatic rings. The molecule has 4 nitrogen and oxygen atoms in total. The van der Waals surface area contributed by atoms with Gasteiger partial charge in [-0.05, 0) is 17.2 Å². The predicted molar refractivity (Wildman–Crippen MR) is 78.8 cm³/mol. The summed E-state index contributed by atoms with van der Waals surface area (Å²) in [5.41, 5.74) is 3.18. The fourth-order valence-electron chi connectivity index (χ4n) is 2.64. The number of ether oxygens (including phenoxy) is 1. The summed E-state index contributed by atoms with van der Waals surface area (Å²) >= 11 is 0. The van der Waals surface area contributed by atoms with Gasteiger partial charge in [0.2, 0.25) is 0 Å². The van der Waals surface area contributed by atoms with Gasteiger partial charge >= 0.3 is 0 Å². The second kappa shape index (κ2) is 6.35. The summed E-state index contributed by atoms with van der Waals surface area (Å²) in [6.07, 6.45) is 1.83. The molecule has 110 valence electrons. The van der Waals surface area contributed by atoms with Gasteiger partial charge in [-0.1, -0.05) is 36.4 Å². The lowest BCUT2D eigenvalue weighted by molar-refractivity contribution is -0.0226. The van der Waals surface area contributed by atoms with Crippen LogP contribution in [0.25, 0.3) is 0 Å². The summed E-state index contributed by atoms with van der Waals surface area (Å²) in [5.74, 6) is 0. The van der Waals surface area contributed by atoms with Gasteiger partial charge in [0, 0.05) is 24.7 Å². The monoisotopic (exact) mass is 285 g/mol. The zero-order valence-corrected chi connectivity index (χ0v) is 11.7. The third-order valence-electron chi connectivity index (χ3n) is 3.85. The highest BCUT2D eigenvalue weighted by atomic mass is 16.5. The Morgan fingerprint density at radius 3 is 2.57 bits per heavy atom. The second-order valence-electron chi connectivity index (χ2n) is 5.39. The highest BCUT2D eigenvalue weighted by Gasteiger charge is 2.34. The standard InChI is InChI=1S/C17H19NO3/c19-11-17-15(20)9-16(21-17)13-6-7-14(18-10-13)8-12-4-2-1-3-5-12/h1-7,10,15-17,19-20H,8-9,11H2/t15-,16+,17+/m0/s1. The van der Waals surface area contributed by atoms with Gasteiger partial charge in [-0.15, -0.1) is 0 Å². The molecule has 0 bridgehead atoms. The zero-order valence-electron chi connectivity index (χ0n) is 11.7. The molecule has 3 rings (SSSR count). The number of benzene rings is 1. The Balaban J connectivity index is 1.67. The SMILES string of the molecule is OC[C@H]1O[C@@H](c2ccc(Cc3ccccc3)nc2)C[C@@H]1O. The molecular formula is C17H19NO3. The average Bonchev–Trinajstić information content (AvgIpc) is 2.90. The second-order valence-corrected chi connectivity index (χ2v) is 5.39. The van der Waals surface area contributed by atoms with E-state index in [1.165, 1.54) is 5.56 Å². The number of aliphatic hydroxyl groups is 2. The summed E-state index contributed by atoms with van der Waals surface area (Å²) in [4.78, 5) is 4.47. The topological polar surface area (TPSA) is 62.6 Å². The molecule has 21 heavy (non-hydrogen) atoms. The highest BCUT2D eigenvalue weighted by molar-refractivity contribution is 5.24. The van der Waals surface area contributed by atoms with Crippen LogP contribution in [0.4, 0.5) is 0 Å². The fraction of sp³-hybridized carbons (Fsp3) is 0.353. The van der Waals surface area contributed by atoms with Crippen molar-refractivity contribution in [2.24, 2.45) is 0 Å². The van der Waals surface area contributed by atoms with E-state index in [-0.39, 0.29) is 12.7 Å². The molecule has 1 saturated heterocycles. The molecule has 0 aliphatic carbocycles. The maximum absolute atomic E-state index is 9.76. The van der Waals surface area contributed by atoms with Crippen molar-refractivity contribution in [1.82, 2.24) is 4.98 Å². The minimum Gasteiger partial charge on any atom is -0.394 e. The van der Waals surface area contributed by atoms with E-state index in [4.69, 9.17) is 9.84 Å². The van der Waals surface area contributed by atoms with Gasteiger partial charge in [0.15, 0.2) is 0 Å². The van der Waals surface area contributed by atoms with Crippen LogP contribution in [0.1, 0.15) is 29.3 Å². The molecule has 3 atom stereocenters. The Hall–Kier alpha value is -1.75. The normalized spacial score (nSPS) is 25.1. The fourth-order valence-corrected chi connectivity index (χ4v) is 2.64. The van der Waals surface area contributed by atoms with E-state index in [0.29, 0.717) is 6.42 Å². The Bertz CT molecular complexity index is 570. The van der Waals surface area contributed by atoms with E-state index in [1.54, 1.807) is 6.20 Å². The third kappa shape index (κ3) is 3.29. The molecule has 2 aromatic rings. The van der Waals surface area contributed by atoms with Crippen LogP contribution in [0.2, 0.25) is 0 Å². The van der Waals surface area contributed by atoms with Crippen LogP contribution in [-0.2, 0) is 11.2 Å². The maximum Gasteiger partial charge on any atom is 0.107 e. The van der Waals surface area contributed by atoms with E-state index in [9.17, 15) is 5.11 Å². The van der Waals surface area contributed by atoms with E-state index in [1.807, 2.05) is 30.3 Å². The third-order valence-corrected chi connectivity index (χ3v) is 3.85. The lowest BCUT2D eigenvalue weighted by Gasteiger charge is -2.12. The van der Waals surface area contributed by atoms with Crippen molar-refractivity contribution in [2.45, 2.75) is 31.2 Å². The van der Waals surface area contributed by atoms with Crippen LogP contribution in [0.5, 0.6) is 0 Å². The number of aliphatic hydroxyl groups excluding tert-OH is 2. The Morgan fingerprint density at radius 1 is 1.14 bits per heavy atom. The van der Waals surface area contributed by atoms with Gasteiger partial charge < -0.3 is 14.9 Å². The van der Waals surface area contributed by atoms with Crippen LogP contribution >= 0.6 is 0 Å². The first kappa shape index (κ1) is 14.2.